The minimum absolute atomic E-state index is 0.155. The molecule has 1 amide bonds. The second kappa shape index (κ2) is 6.49. The van der Waals surface area contributed by atoms with Crippen LogP contribution in [0.1, 0.15) is 24.8 Å². The van der Waals surface area contributed by atoms with Crippen LogP contribution >= 0.6 is 11.6 Å². The summed E-state index contributed by atoms with van der Waals surface area (Å²) in [6.07, 6.45) is 2.09. The summed E-state index contributed by atoms with van der Waals surface area (Å²) in [7, 11) is 0. The molecular weight excluding hydrogens is 318 g/mol. The van der Waals surface area contributed by atoms with Crippen LogP contribution in [0.15, 0.2) is 24.3 Å². The number of benzene rings is 1. The lowest BCUT2D eigenvalue weighted by atomic mass is 9.74. The predicted octanol–water partition coefficient (Wildman–Crippen LogP) is 2.23. The molecule has 124 valence electrons. The minimum atomic E-state index is -0.886. The van der Waals surface area contributed by atoms with Gasteiger partial charge in [-0.2, -0.15) is 0 Å². The van der Waals surface area contributed by atoms with E-state index in [0.29, 0.717) is 31.2 Å². The predicted molar refractivity (Wildman–Crippen MR) is 85.4 cm³/mol. The van der Waals surface area contributed by atoms with Gasteiger partial charge in [0.25, 0.3) is 0 Å². The largest absolute Gasteiger partial charge is 0.481 e. The Balaban J connectivity index is 1.69. The van der Waals surface area contributed by atoms with E-state index in [1.165, 1.54) is 0 Å². The number of ether oxygens (including phenoxy) is 1. The van der Waals surface area contributed by atoms with Crippen molar-refractivity contribution in [1.29, 1.82) is 0 Å². The maximum Gasteiger partial charge on any atom is 0.307 e. The van der Waals surface area contributed by atoms with E-state index >= 15 is 0 Å². The van der Waals surface area contributed by atoms with E-state index in [-0.39, 0.29) is 17.2 Å². The molecular formula is C17H20ClNO4. The van der Waals surface area contributed by atoms with Crippen LogP contribution in [0.2, 0.25) is 5.02 Å². The number of carboxylic acid groups (broad SMARTS) is 1. The van der Waals surface area contributed by atoms with Crippen LogP contribution in [0, 0.1) is 11.8 Å². The molecule has 2 N–H and O–H groups in total. The molecule has 1 aromatic rings. The second-order valence-corrected chi connectivity index (χ2v) is 6.84. The monoisotopic (exact) mass is 337 g/mol. The van der Waals surface area contributed by atoms with Gasteiger partial charge >= 0.3 is 5.97 Å². The van der Waals surface area contributed by atoms with Gasteiger partial charge < -0.3 is 15.2 Å². The van der Waals surface area contributed by atoms with Crippen molar-refractivity contribution in [3.05, 3.63) is 34.9 Å². The molecule has 2 fully saturated rings. The van der Waals surface area contributed by atoms with Crippen molar-refractivity contribution in [3.63, 3.8) is 0 Å². The molecule has 1 aromatic carbocycles. The van der Waals surface area contributed by atoms with Crippen LogP contribution in [-0.4, -0.2) is 36.7 Å². The van der Waals surface area contributed by atoms with Crippen LogP contribution in [0.25, 0.3) is 0 Å². The van der Waals surface area contributed by atoms with Gasteiger partial charge in [-0.3, -0.25) is 9.59 Å². The lowest BCUT2D eigenvalue weighted by Crippen LogP contribution is -2.45. The molecule has 2 atom stereocenters. The number of hydrogen-bond acceptors (Lipinski definition) is 3. The summed E-state index contributed by atoms with van der Waals surface area (Å²) < 4.78 is 5.47. The third-order valence-corrected chi connectivity index (χ3v) is 5.20. The summed E-state index contributed by atoms with van der Waals surface area (Å²) in [6, 6.07) is 7.71. The average Bonchev–Trinajstić information content (AvgIpc) is 3.35. The van der Waals surface area contributed by atoms with Gasteiger partial charge in [0.1, 0.15) is 0 Å². The van der Waals surface area contributed by atoms with Gasteiger partial charge in [-0.1, -0.05) is 23.7 Å². The highest BCUT2D eigenvalue weighted by molar-refractivity contribution is 6.30. The molecule has 2 aliphatic rings. The maximum absolute atomic E-state index is 12.2. The Bertz CT molecular complexity index is 595. The van der Waals surface area contributed by atoms with Gasteiger partial charge in [0.15, 0.2) is 0 Å². The number of nitrogens with one attached hydrogen (secondary N) is 1. The molecule has 0 radical (unpaired) electrons. The van der Waals surface area contributed by atoms with Crippen LogP contribution < -0.4 is 5.32 Å². The number of halogens is 1. The van der Waals surface area contributed by atoms with Crippen molar-refractivity contribution in [2.45, 2.75) is 24.7 Å². The first-order valence-electron chi connectivity index (χ1n) is 7.86. The SMILES string of the molecule is O=C(O)[C@H]1C[C@H]1C(=O)NCC1(c2ccc(Cl)cc2)CCOCC1. The van der Waals surface area contributed by atoms with Crippen molar-refractivity contribution in [1.82, 2.24) is 5.32 Å². The first-order chi connectivity index (χ1) is 11.0. The van der Waals surface area contributed by atoms with E-state index in [1.54, 1.807) is 0 Å². The Morgan fingerprint density at radius 3 is 2.43 bits per heavy atom. The van der Waals surface area contributed by atoms with Crippen LogP contribution in [-0.2, 0) is 19.7 Å². The Hall–Kier alpha value is -1.59. The summed E-state index contributed by atoms with van der Waals surface area (Å²) in [5.74, 6) is -1.94. The minimum Gasteiger partial charge on any atom is -0.481 e. The fourth-order valence-corrected chi connectivity index (χ4v) is 3.40. The highest BCUT2D eigenvalue weighted by Gasteiger charge is 2.48. The molecule has 23 heavy (non-hydrogen) atoms. The summed E-state index contributed by atoms with van der Waals surface area (Å²) in [6.45, 7) is 1.80. The molecule has 1 saturated carbocycles. The van der Waals surface area contributed by atoms with Crippen LogP contribution in [0.4, 0.5) is 0 Å². The van der Waals surface area contributed by atoms with Crippen LogP contribution in [0.5, 0.6) is 0 Å². The molecule has 3 rings (SSSR count). The molecule has 0 unspecified atom stereocenters. The zero-order chi connectivity index (χ0) is 16.4. The van der Waals surface area contributed by atoms with Crippen molar-refractivity contribution >= 4 is 23.5 Å². The van der Waals surface area contributed by atoms with Gasteiger partial charge in [-0.15, -0.1) is 0 Å². The number of aliphatic carboxylic acids is 1. The first-order valence-corrected chi connectivity index (χ1v) is 8.24. The van der Waals surface area contributed by atoms with E-state index < -0.39 is 11.9 Å². The van der Waals surface area contributed by atoms with Crippen molar-refractivity contribution in [2.24, 2.45) is 11.8 Å². The maximum atomic E-state index is 12.2. The van der Waals surface area contributed by atoms with E-state index in [2.05, 4.69) is 5.32 Å². The summed E-state index contributed by atoms with van der Waals surface area (Å²) in [5.41, 5.74) is 0.961. The highest BCUT2D eigenvalue weighted by atomic mass is 35.5. The Morgan fingerprint density at radius 2 is 1.87 bits per heavy atom. The molecule has 6 heteroatoms. The molecule has 0 spiro atoms. The smallest absolute Gasteiger partial charge is 0.307 e. The first kappa shape index (κ1) is 16.3. The molecule has 1 heterocycles. The quantitative estimate of drug-likeness (QED) is 0.864. The third kappa shape index (κ3) is 3.51. The normalized spacial score (nSPS) is 25.6. The van der Waals surface area contributed by atoms with E-state index in [0.717, 1.165) is 18.4 Å². The second-order valence-electron chi connectivity index (χ2n) is 6.40. The Morgan fingerprint density at radius 1 is 1.22 bits per heavy atom. The lowest BCUT2D eigenvalue weighted by Gasteiger charge is -2.38. The van der Waals surface area contributed by atoms with Crippen LogP contribution in [0.3, 0.4) is 0 Å². The van der Waals surface area contributed by atoms with Gasteiger partial charge in [0.2, 0.25) is 5.91 Å². The number of carbonyl (C=O) groups excluding carboxylic acids is 1. The third-order valence-electron chi connectivity index (χ3n) is 4.95. The molecule has 0 aromatic heterocycles. The Kier molecular flexibility index (Phi) is 4.60. The topological polar surface area (TPSA) is 75.6 Å². The van der Waals surface area contributed by atoms with E-state index in [1.807, 2.05) is 24.3 Å². The van der Waals surface area contributed by atoms with Gasteiger partial charge in [-0.25, -0.2) is 0 Å². The molecule has 1 saturated heterocycles. The number of hydrogen-bond donors (Lipinski definition) is 2. The number of carbonyl (C=O) groups is 2. The van der Waals surface area contributed by atoms with Gasteiger partial charge in [-0.05, 0) is 37.0 Å². The zero-order valence-corrected chi connectivity index (χ0v) is 13.5. The zero-order valence-electron chi connectivity index (χ0n) is 12.8. The van der Waals surface area contributed by atoms with Gasteiger partial charge in [0, 0.05) is 30.2 Å². The molecule has 5 nitrogen and oxygen atoms in total. The van der Waals surface area contributed by atoms with E-state index in [9.17, 15) is 9.59 Å². The van der Waals surface area contributed by atoms with Crippen molar-refractivity contribution in [2.75, 3.05) is 19.8 Å². The standard InChI is InChI=1S/C17H20ClNO4/c18-12-3-1-11(2-4-12)17(5-7-23-8-6-17)10-19-15(20)13-9-14(13)16(21)22/h1-4,13-14H,5-10H2,(H,19,20)(H,21,22)/t13-,14+/m1/s1. The fourth-order valence-electron chi connectivity index (χ4n) is 3.28. The summed E-state index contributed by atoms with van der Waals surface area (Å²) >= 11 is 5.97. The lowest BCUT2D eigenvalue weighted by molar-refractivity contribution is -0.140. The summed E-state index contributed by atoms with van der Waals surface area (Å²) in [5, 5.41) is 12.6. The number of carboxylic acids is 1. The number of amides is 1. The van der Waals surface area contributed by atoms with Crippen molar-refractivity contribution in [3.8, 4) is 0 Å². The van der Waals surface area contributed by atoms with Crippen molar-refractivity contribution < 1.29 is 19.4 Å². The molecule has 0 bridgehead atoms. The average molecular weight is 338 g/mol. The fraction of sp³-hybridized carbons (Fsp3) is 0.529. The highest BCUT2D eigenvalue weighted by Crippen LogP contribution is 2.39. The molecule has 1 aliphatic carbocycles. The van der Waals surface area contributed by atoms with E-state index in [4.69, 9.17) is 21.4 Å². The number of rotatable bonds is 5. The van der Waals surface area contributed by atoms with Gasteiger partial charge in [0.05, 0.1) is 11.8 Å². The Labute approximate surface area is 140 Å². The molecule has 1 aliphatic heterocycles. The summed E-state index contributed by atoms with van der Waals surface area (Å²) in [4.78, 5) is 23.1.